The van der Waals surface area contributed by atoms with E-state index < -0.39 is 6.79 Å². The Labute approximate surface area is 100 Å². The molecule has 1 aromatic rings. The highest BCUT2D eigenvalue weighted by Crippen LogP contribution is 2.32. The molecule has 5 heteroatoms. The highest BCUT2D eigenvalue weighted by molar-refractivity contribution is 5.97. The van der Waals surface area contributed by atoms with Gasteiger partial charge in [-0.1, -0.05) is 18.0 Å². The lowest BCUT2D eigenvalue weighted by Crippen LogP contribution is -2.15. The van der Waals surface area contributed by atoms with Gasteiger partial charge in [-0.3, -0.25) is 4.98 Å². The molecule has 0 bridgehead atoms. The minimum absolute atomic E-state index is 0.265. The summed E-state index contributed by atoms with van der Waals surface area (Å²) in [5.74, 6) is 0.808. The predicted molar refractivity (Wildman–Crippen MR) is 64.3 cm³/mol. The molecule has 2 rings (SSSR count). The SMILES string of the molecule is NC(=NOCO)c1ccnc(C2CCCC2)c1. The van der Waals surface area contributed by atoms with Crippen LogP contribution in [0.15, 0.2) is 23.5 Å². The average molecular weight is 235 g/mol. The Morgan fingerprint density at radius 1 is 1.53 bits per heavy atom. The van der Waals surface area contributed by atoms with E-state index in [0.717, 1.165) is 11.3 Å². The third-order valence-corrected chi connectivity index (χ3v) is 3.07. The van der Waals surface area contributed by atoms with Crippen molar-refractivity contribution in [2.45, 2.75) is 31.6 Å². The third kappa shape index (κ3) is 2.94. The van der Waals surface area contributed by atoms with Gasteiger partial charge >= 0.3 is 0 Å². The van der Waals surface area contributed by atoms with Crippen LogP contribution in [-0.2, 0) is 4.84 Å². The number of rotatable bonds is 4. The first-order valence-corrected chi connectivity index (χ1v) is 5.84. The molecule has 1 fully saturated rings. The predicted octanol–water partition coefficient (Wildman–Crippen LogP) is 1.33. The maximum absolute atomic E-state index is 8.49. The molecule has 0 atom stereocenters. The van der Waals surface area contributed by atoms with Crippen molar-refractivity contribution in [1.29, 1.82) is 0 Å². The van der Waals surface area contributed by atoms with Gasteiger partial charge in [0.05, 0.1) is 0 Å². The number of aromatic nitrogens is 1. The van der Waals surface area contributed by atoms with E-state index in [2.05, 4.69) is 15.0 Å². The number of aliphatic hydroxyl groups excluding tert-OH is 1. The first-order chi connectivity index (χ1) is 8.31. The smallest absolute Gasteiger partial charge is 0.214 e. The maximum atomic E-state index is 8.49. The van der Waals surface area contributed by atoms with Crippen LogP contribution in [-0.4, -0.2) is 22.7 Å². The van der Waals surface area contributed by atoms with Crippen LogP contribution in [0.1, 0.15) is 42.9 Å². The van der Waals surface area contributed by atoms with E-state index >= 15 is 0 Å². The Bertz CT molecular complexity index is 400. The van der Waals surface area contributed by atoms with Gasteiger partial charge in [0, 0.05) is 23.4 Å². The Morgan fingerprint density at radius 2 is 2.29 bits per heavy atom. The number of pyridine rings is 1. The highest BCUT2D eigenvalue weighted by atomic mass is 16.7. The molecule has 1 heterocycles. The van der Waals surface area contributed by atoms with Crippen molar-refractivity contribution in [3.63, 3.8) is 0 Å². The Balaban J connectivity index is 2.15. The fraction of sp³-hybridized carbons (Fsp3) is 0.500. The van der Waals surface area contributed by atoms with Gasteiger partial charge in [-0.05, 0) is 25.0 Å². The van der Waals surface area contributed by atoms with E-state index in [1.165, 1.54) is 25.7 Å². The fourth-order valence-electron chi connectivity index (χ4n) is 2.20. The molecule has 0 radical (unpaired) electrons. The maximum Gasteiger partial charge on any atom is 0.214 e. The van der Waals surface area contributed by atoms with Gasteiger partial charge in [0.1, 0.15) is 0 Å². The lowest BCUT2D eigenvalue weighted by Gasteiger charge is -2.09. The largest absolute Gasteiger partial charge is 0.380 e. The lowest BCUT2D eigenvalue weighted by molar-refractivity contribution is 0.00176. The summed E-state index contributed by atoms with van der Waals surface area (Å²) in [6.45, 7) is -0.471. The van der Waals surface area contributed by atoms with E-state index in [0.29, 0.717) is 5.92 Å². The third-order valence-electron chi connectivity index (χ3n) is 3.07. The van der Waals surface area contributed by atoms with Gasteiger partial charge in [0.15, 0.2) is 5.84 Å². The molecular formula is C12H17N3O2. The van der Waals surface area contributed by atoms with Crippen molar-refractivity contribution in [1.82, 2.24) is 4.98 Å². The zero-order valence-corrected chi connectivity index (χ0v) is 9.67. The van der Waals surface area contributed by atoms with Gasteiger partial charge in [0.2, 0.25) is 6.79 Å². The number of hydrogen-bond acceptors (Lipinski definition) is 4. The normalized spacial score (nSPS) is 17.4. The lowest BCUT2D eigenvalue weighted by atomic mass is 10.0. The van der Waals surface area contributed by atoms with Crippen LogP contribution >= 0.6 is 0 Å². The van der Waals surface area contributed by atoms with Crippen molar-refractivity contribution < 1.29 is 9.94 Å². The molecular weight excluding hydrogens is 218 g/mol. The summed E-state index contributed by atoms with van der Waals surface area (Å²) in [6.07, 6.45) is 6.67. The number of nitrogens with two attached hydrogens (primary N) is 1. The van der Waals surface area contributed by atoms with E-state index in [1.807, 2.05) is 6.07 Å². The van der Waals surface area contributed by atoms with E-state index in [4.69, 9.17) is 10.8 Å². The number of oxime groups is 1. The van der Waals surface area contributed by atoms with Gasteiger partial charge in [0.25, 0.3) is 0 Å². The second kappa shape index (κ2) is 5.63. The second-order valence-corrected chi connectivity index (χ2v) is 4.19. The zero-order chi connectivity index (χ0) is 12.1. The molecule has 92 valence electrons. The van der Waals surface area contributed by atoms with Crippen LogP contribution in [0.3, 0.4) is 0 Å². The monoisotopic (exact) mass is 235 g/mol. The summed E-state index contributed by atoms with van der Waals surface area (Å²) in [5.41, 5.74) is 7.59. The van der Waals surface area contributed by atoms with Crippen LogP contribution < -0.4 is 5.73 Å². The Morgan fingerprint density at radius 3 is 3.00 bits per heavy atom. The minimum atomic E-state index is -0.471. The van der Waals surface area contributed by atoms with Gasteiger partial charge in [-0.2, -0.15) is 0 Å². The minimum Gasteiger partial charge on any atom is -0.380 e. The summed E-state index contributed by atoms with van der Waals surface area (Å²) in [7, 11) is 0. The van der Waals surface area contributed by atoms with Crippen LogP contribution in [0.5, 0.6) is 0 Å². The van der Waals surface area contributed by atoms with Gasteiger partial charge < -0.3 is 15.7 Å². The zero-order valence-electron chi connectivity index (χ0n) is 9.67. The van der Waals surface area contributed by atoms with E-state index in [-0.39, 0.29) is 5.84 Å². The molecule has 0 aliphatic heterocycles. The van der Waals surface area contributed by atoms with Crippen molar-refractivity contribution in [2.75, 3.05) is 6.79 Å². The summed E-state index contributed by atoms with van der Waals surface area (Å²) >= 11 is 0. The summed E-state index contributed by atoms with van der Waals surface area (Å²) in [5, 5.41) is 12.1. The molecule has 0 spiro atoms. The molecule has 3 N–H and O–H groups in total. The molecule has 1 aliphatic rings. The van der Waals surface area contributed by atoms with Crippen LogP contribution in [0.25, 0.3) is 0 Å². The molecule has 0 amide bonds. The number of aliphatic hydroxyl groups is 1. The van der Waals surface area contributed by atoms with Crippen LogP contribution in [0, 0.1) is 0 Å². The first kappa shape index (κ1) is 11.9. The molecule has 1 saturated carbocycles. The summed E-state index contributed by atoms with van der Waals surface area (Å²) in [4.78, 5) is 8.90. The summed E-state index contributed by atoms with van der Waals surface area (Å²) in [6, 6.07) is 3.74. The molecule has 17 heavy (non-hydrogen) atoms. The highest BCUT2D eigenvalue weighted by Gasteiger charge is 2.18. The second-order valence-electron chi connectivity index (χ2n) is 4.19. The molecule has 1 aromatic heterocycles. The molecule has 0 unspecified atom stereocenters. The average Bonchev–Trinajstić information content (AvgIpc) is 2.90. The van der Waals surface area contributed by atoms with Crippen molar-refractivity contribution >= 4 is 5.84 Å². The fourth-order valence-corrected chi connectivity index (χ4v) is 2.20. The van der Waals surface area contributed by atoms with Crippen molar-refractivity contribution in [2.24, 2.45) is 10.9 Å². The Kier molecular flexibility index (Phi) is 3.93. The standard InChI is InChI=1S/C12H17N3O2/c13-12(15-17-8-16)10-5-6-14-11(7-10)9-3-1-2-4-9/h5-7,9,16H,1-4,8H2,(H2,13,15). The van der Waals surface area contributed by atoms with Crippen molar-refractivity contribution in [3.05, 3.63) is 29.6 Å². The molecule has 0 aromatic carbocycles. The molecule has 5 nitrogen and oxygen atoms in total. The quantitative estimate of drug-likeness (QED) is 0.357. The molecule has 0 saturated heterocycles. The Hall–Kier alpha value is -1.62. The van der Waals surface area contributed by atoms with Gasteiger partial charge in [-0.15, -0.1) is 0 Å². The molecule has 1 aliphatic carbocycles. The van der Waals surface area contributed by atoms with E-state index in [1.54, 1.807) is 12.3 Å². The topological polar surface area (TPSA) is 80.7 Å². The number of nitrogens with zero attached hydrogens (tertiary/aromatic N) is 2. The number of amidine groups is 1. The summed E-state index contributed by atoms with van der Waals surface area (Å²) < 4.78 is 0. The number of hydrogen-bond donors (Lipinski definition) is 2. The van der Waals surface area contributed by atoms with E-state index in [9.17, 15) is 0 Å². The van der Waals surface area contributed by atoms with Crippen LogP contribution in [0.4, 0.5) is 0 Å². The van der Waals surface area contributed by atoms with Crippen LogP contribution in [0.2, 0.25) is 0 Å². The van der Waals surface area contributed by atoms with Gasteiger partial charge in [-0.25, -0.2) is 0 Å². The van der Waals surface area contributed by atoms with Crippen molar-refractivity contribution in [3.8, 4) is 0 Å². The first-order valence-electron chi connectivity index (χ1n) is 5.84.